The summed E-state index contributed by atoms with van der Waals surface area (Å²) in [5.74, 6) is 0.0817. The van der Waals surface area contributed by atoms with Gasteiger partial charge in [0.2, 0.25) is 0 Å². The summed E-state index contributed by atoms with van der Waals surface area (Å²) in [4.78, 5) is 17.5. The van der Waals surface area contributed by atoms with Crippen LogP contribution in [0.1, 0.15) is 46.8 Å². The third-order valence-corrected chi connectivity index (χ3v) is 5.28. The summed E-state index contributed by atoms with van der Waals surface area (Å²) >= 11 is 0. The number of carbonyl (C=O) groups is 1. The Balaban J connectivity index is 1.61. The molecule has 3 heterocycles. The molecule has 0 radical (unpaired) electrons. The fraction of sp³-hybridized carbons (Fsp3) is 0.364. The second kappa shape index (κ2) is 7.53. The number of hydrogen-bond acceptors (Lipinski definition) is 3. The molecule has 0 N–H and O–H groups in total. The Morgan fingerprint density at radius 1 is 1.15 bits per heavy atom. The monoisotopic (exact) mass is 362 g/mol. The Labute approximate surface area is 160 Å². The van der Waals surface area contributed by atoms with Gasteiger partial charge in [-0.05, 0) is 56.6 Å². The molecule has 1 aromatic carbocycles. The van der Waals surface area contributed by atoms with Gasteiger partial charge < -0.3 is 9.80 Å². The van der Waals surface area contributed by atoms with Gasteiger partial charge in [0, 0.05) is 19.3 Å². The second-order valence-corrected chi connectivity index (χ2v) is 7.58. The highest BCUT2D eigenvalue weighted by molar-refractivity contribution is 6.00. The molecule has 0 spiro atoms. The Bertz CT molecular complexity index is 929. The van der Waals surface area contributed by atoms with Crippen LogP contribution in [0.5, 0.6) is 0 Å². The lowest BCUT2D eigenvalue weighted by Crippen LogP contribution is -2.38. The van der Waals surface area contributed by atoms with Gasteiger partial charge in [0.05, 0.1) is 23.3 Å². The van der Waals surface area contributed by atoms with Crippen molar-refractivity contribution in [3.8, 4) is 0 Å². The number of likely N-dealkylation sites (tertiary alicyclic amines) is 1. The van der Waals surface area contributed by atoms with Crippen molar-refractivity contribution >= 4 is 11.4 Å². The highest BCUT2D eigenvalue weighted by Crippen LogP contribution is 2.33. The van der Waals surface area contributed by atoms with Crippen LogP contribution in [-0.2, 0) is 6.54 Å². The van der Waals surface area contributed by atoms with Crippen LogP contribution in [0.4, 0.5) is 0 Å². The minimum Gasteiger partial charge on any atom is -0.331 e. The summed E-state index contributed by atoms with van der Waals surface area (Å²) in [5.41, 5.74) is 4.07. The molecule has 1 aliphatic rings. The predicted octanol–water partition coefficient (Wildman–Crippen LogP) is 3.76. The van der Waals surface area contributed by atoms with Gasteiger partial charge in [-0.15, -0.1) is 0 Å². The third kappa shape index (κ3) is 3.60. The standard InChI is InChI=1S/C22H26N4O/c1-24(2)16-17-9-11-18(12-10-17)20-7-3-5-13-25(20)22(27)19-15-23-26-14-6-4-8-21(19)26/h4,6,8-12,14-15,20H,3,5,7,13,16H2,1-2H3/t20-/m1/s1. The van der Waals surface area contributed by atoms with Gasteiger partial charge in [0.25, 0.3) is 5.91 Å². The number of hydrogen-bond donors (Lipinski definition) is 0. The zero-order valence-electron chi connectivity index (χ0n) is 16.0. The van der Waals surface area contributed by atoms with Crippen LogP contribution < -0.4 is 0 Å². The van der Waals surface area contributed by atoms with E-state index in [4.69, 9.17) is 0 Å². The number of rotatable bonds is 4. The molecular formula is C22H26N4O. The van der Waals surface area contributed by atoms with Crippen molar-refractivity contribution < 1.29 is 4.79 Å². The van der Waals surface area contributed by atoms with Crippen LogP contribution in [0.3, 0.4) is 0 Å². The van der Waals surface area contributed by atoms with Crippen LogP contribution in [0.25, 0.3) is 5.52 Å². The lowest BCUT2D eigenvalue weighted by atomic mass is 9.94. The highest BCUT2D eigenvalue weighted by atomic mass is 16.2. The smallest absolute Gasteiger partial charge is 0.258 e. The summed E-state index contributed by atoms with van der Waals surface area (Å²) in [7, 11) is 4.15. The van der Waals surface area contributed by atoms with Gasteiger partial charge in [0.15, 0.2) is 0 Å². The van der Waals surface area contributed by atoms with Gasteiger partial charge in [-0.25, -0.2) is 4.52 Å². The Kier molecular flexibility index (Phi) is 4.94. The number of amides is 1. The predicted molar refractivity (Wildman–Crippen MR) is 107 cm³/mol. The first-order chi connectivity index (χ1) is 13.1. The summed E-state index contributed by atoms with van der Waals surface area (Å²) in [6.45, 7) is 1.73. The molecule has 5 nitrogen and oxygen atoms in total. The average Bonchev–Trinajstić information content (AvgIpc) is 3.12. The molecule has 1 amide bonds. The maximum atomic E-state index is 13.3. The minimum absolute atomic E-state index is 0.0817. The largest absolute Gasteiger partial charge is 0.331 e. The lowest BCUT2D eigenvalue weighted by molar-refractivity contribution is 0.0613. The Morgan fingerprint density at radius 3 is 2.74 bits per heavy atom. The number of aromatic nitrogens is 2. The van der Waals surface area contributed by atoms with Gasteiger partial charge in [-0.3, -0.25) is 4.79 Å². The topological polar surface area (TPSA) is 40.8 Å². The van der Waals surface area contributed by atoms with E-state index in [9.17, 15) is 4.79 Å². The molecule has 1 aliphatic heterocycles. The number of benzene rings is 1. The van der Waals surface area contributed by atoms with Gasteiger partial charge in [-0.1, -0.05) is 30.3 Å². The zero-order valence-corrected chi connectivity index (χ0v) is 16.0. The van der Waals surface area contributed by atoms with E-state index in [1.165, 1.54) is 11.1 Å². The summed E-state index contributed by atoms with van der Waals surface area (Å²) in [5, 5.41) is 4.34. The van der Waals surface area contributed by atoms with E-state index in [0.29, 0.717) is 5.56 Å². The minimum atomic E-state index is 0.0817. The maximum Gasteiger partial charge on any atom is 0.258 e. The molecule has 3 aromatic rings. The quantitative estimate of drug-likeness (QED) is 0.709. The molecule has 140 valence electrons. The fourth-order valence-electron chi connectivity index (χ4n) is 3.99. The number of fused-ring (bicyclic) bond motifs is 1. The molecule has 0 saturated carbocycles. The van der Waals surface area contributed by atoms with Crippen molar-refractivity contribution in [1.82, 2.24) is 19.4 Å². The van der Waals surface area contributed by atoms with E-state index in [0.717, 1.165) is 37.9 Å². The van der Waals surface area contributed by atoms with Crippen molar-refractivity contribution in [2.45, 2.75) is 31.8 Å². The Hall–Kier alpha value is -2.66. The average molecular weight is 362 g/mol. The van der Waals surface area contributed by atoms with E-state index in [-0.39, 0.29) is 11.9 Å². The van der Waals surface area contributed by atoms with E-state index >= 15 is 0 Å². The molecule has 1 atom stereocenters. The maximum absolute atomic E-state index is 13.3. The van der Waals surface area contributed by atoms with Crippen molar-refractivity contribution in [3.63, 3.8) is 0 Å². The van der Waals surface area contributed by atoms with Crippen LogP contribution in [0.2, 0.25) is 0 Å². The van der Waals surface area contributed by atoms with Gasteiger partial charge >= 0.3 is 0 Å². The first-order valence-corrected chi connectivity index (χ1v) is 9.60. The second-order valence-electron chi connectivity index (χ2n) is 7.58. The number of carbonyl (C=O) groups excluding carboxylic acids is 1. The van der Waals surface area contributed by atoms with Crippen molar-refractivity contribution in [3.05, 3.63) is 71.5 Å². The SMILES string of the molecule is CN(C)Cc1ccc([C@H]2CCCCN2C(=O)c2cnn3ccccc23)cc1. The van der Waals surface area contributed by atoms with Crippen LogP contribution in [-0.4, -0.2) is 46.0 Å². The first kappa shape index (κ1) is 17.7. The first-order valence-electron chi connectivity index (χ1n) is 9.60. The van der Waals surface area contributed by atoms with Crippen LogP contribution in [0, 0.1) is 0 Å². The van der Waals surface area contributed by atoms with E-state index in [2.05, 4.69) is 48.4 Å². The highest BCUT2D eigenvalue weighted by Gasteiger charge is 2.30. The summed E-state index contributed by atoms with van der Waals surface area (Å²) in [6.07, 6.45) is 6.80. The van der Waals surface area contributed by atoms with E-state index in [1.807, 2.05) is 29.3 Å². The molecule has 0 bridgehead atoms. The Morgan fingerprint density at radius 2 is 1.96 bits per heavy atom. The van der Waals surface area contributed by atoms with Crippen molar-refractivity contribution in [1.29, 1.82) is 0 Å². The lowest BCUT2D eigenvalue weighted by Gasteiger charge is -2.36. The van der Waals surface area contributed by atoms with Crippen LogP contribution in [0.15, 0.2) is 54.9 Å². The molecule has 1 fully saturated rings. The molecule has 27 heavy (non-hydrogen) atoms. The van der Waals surface area contributed by atoms with Crippen molar-refractivity contribution in [2.24, 2.45) is 0 Å². The van der Waals surface area contributed by atoms with Crippen molar-refractivity contribution in [2.75, 3.05) is 20.6 Å². The van der Waals surface area contributed by atoms with E-state index < -0.39 is 0 Å². The molecule has 0 aliphatic carbocycles. The molecular weight excluding hydrogens is 336 g/mol. The molecule has 4 rings (SSSR count). The van der Waals surface area contributed by atoms with Gasteiger partial charge in [0.1, 0.15) is 0 Å². The number of piperidine rings is 1. The normalized spacial score (nSPS) is 17.6. The third-order valence-electron chi connectivity index (χ3n) is 5.28. The van der Waals surface area contributed by atoms with E-state index in [1.54, 1.807) is 10.7 Å². The summed E-state index contributed by atoms with van der Waals surface area (Å²) in [6, 6.07) is 14.7. The summed E-state index contributed by atoms with van der Waals surface area (Å²) < 4.78 is 1.77. The van der Waals surface area contributed by atoms with Crippen LogP contribution >= 0.6 is 0 Å². The van der Waals surface area contributed by atoms with Gasteiger partial charge in [-0.2, -0.15) is 5.10 Å². The fourth-order valence-corrected chi connectivity index (χ4v) is 3.99. The molecule has 1 saturated heterocycles. The number of pyridine rings is 1. The molecule has 5 heteroatoms. The molecule has 2 aromatic heterocycles. The molecule has 0 unspecified atom stereocenters. The number of nitrogens with zero attached hydrogens (tertiary/aromatic N) is 4. The zero-order chi connectivity index (χ0) is 18.8.